The van der Waals surface area contributed by atoms with Crippen molar-refractivity contribution in [2.45, 2.75) is 46.1 Å². The van der Waals surface area contributed by atoms with Gasteiger partial charge in [-0.1, -0.05) is 26.5 Å². The van der Waals surface area contributed by atoms with Crippen LogP contribution in [0.5, 0.6) is 0 Å². The molecule has 1 atom stereocenters. The molecule has 0 aromatic carbocycles. The highest BCUT2D eigenvalue weighted by molar-refractivity contribution is 5.85. The molecule has 4 N–H and O–H groups in total. The summed E-state index contributed by atoms with van der Waals surface area (Å²) in [7, 11) is 0. The van der Waals surface area contributed by atoms with E-state index >= 15 is 0 Å². The van der Waals surface area contributed by atoms with E-state index in [2.05, 4.69) is 13.2 Å². The summed E-state index contributed by atoms with van der Waals surface area (Å²) in [6.45, 7) is 11.3. The lowest BCUT2D eigenvalue weighted by molar-refractivity contribution is -0.133. The molecule has 20 heavy (non-hydrogen) atoms. The molecule has 0 aliphatic carbocycles. The van der Waals surface area contributed by atoms with Crippen LogP contribution in [0, 0.1) is 0 Å². The normalized spacial score (nSPS) is 10.1. The van der Waals surface area contributed by atoms with E-state index in [-0.39, 0.29) is 23.9 Å². The second kappa shape index (κ2) is 15.4. The number of carboxylic acids is 2. The van der Waals surface area contributed by atoms with Gasteiger partial charge in [0.25, 0.3) is 0 Å². The maximum Gasteiger partial charge on any atom is 0.330 e. The van der Waals surface area contributed by atoms with Crippen LogP contribution in [0.3, 0.4) is 0 Å². The van der Waals surface area contributed by atoms with Gasteiger partial charge in [-0.15, -0.1) is 0 Å². The number of carbonyl (C=O) groups is 2. The van der Waals surface area contributed by atoms with Crippen LogP contribution in [0.1, 0.15) is 40.0 Å². The van der Waals surface area contributed by atoms with Crippen LogP contribution in [0.15, 0.2) is 24.3 Å². The summed E-state index contributed by atoms with van der Waals surface area (Å²) in [4.78, 5) is 19.2. The van der Waals surface area contributed by atoms with Gasteiger partial charge in [0.15, 0.2) is 0 Å². The molecule has 0 aromatic heterocycles. The standard InChI is InChI=1S/C6H14O2.2C4H6O2/c1-2-3-6(8)4-5-7;2*1-3(2)4(5)6/h6-8H,2-5H2,1H3;2*1H2,2H3,(H,5,6). The van der Waals surface area contributed by atoms with Crippen molar-refractivity contribution in [1.82, 2.24) is 0 Å². The molecule has 0 spiro atoms. The molecule has 0 aromatic rings. The van der Waals surface area contributed by atoms with E-state index in [0.29, 0.717) is 6.42 Å². The summed E-state index contributed by atoms with van der Waals surface area (Å²) in [5, 5.41) is 33.0. The third-order valence-electron chi connectivity index (χ3n) is 1.81. The first kappa shape index (κ1) is 23.4. The molecule has 0 saturated carbocycles. The Kier molecular flexibility index (Phi) is 18.0. The SMILES string of the molecule is C=C(C)C(=O)O.C=C(C)C(=O)O.CCCC(O)CCO. The molecule has 0 bridgehead atoms. The summed E-state index contributed by atoms with van der Waals surface area (Å²) in [6, 6.07) is 0. The van der Waals surface area contributed by atoms with Gasteiger partial charge in [-0.25, -0.2) is 9.59 Å². The molecular formula is C14H26O6. The van der Waals surface area contributed by atoms with Gasteiger partial charge in [-0.2, -0.15) is 0 Å². The molecule has 0 aliphatic rings. The largest absolute Gasteiger partial charge is 0.478 e. The molecule has 0 fully saturated rings. The molecule has 0 aliphatic heterocycles. The number of hydrogen-bond donors (Lipinski definition) is 4. The molecule has 1 unspecified atom stereocenters. The van der Waals surface area contributed by atoms with Gasteiger partial charge in [0.2, 0.25) is 0 Å². The minimum atomic E-state index is -0.935. The smallest absolute Gasteiger partial charge is 0.330 e. The zero-order valence-corrected chi connectivity index (χ0v) is 12.4. The highest BCUT2D eigenvalue weighted by Crippen LogP contribution is 1.98. The Bertz CT molecular complexity index is 255. The number of hydrogen-bond acceptors (Lipinski definition) is 4. The van der Waals surface area contributed by atoms with E-state index < -0.39 is 11.9 Å². The van der Waals surface area contributed by atoms with Crippen molar-refractivity contribution >= 4 is 11.9 Å². The zero-order valence-electron chi connectivity index (χ0n) is 12.4. The van der Waals surface area contributed by atoms with E-state index in [0.717, 1.165) is 12.8 Å². The van der Waals surface area contributed by atoms with Crippen molar-refractivity contribution < 1.29 is 30.0 Å². The topological polar surface area (TPSA) is 115 Å². The predicted molar refractivity (Wildman–Crippen MR) is 77.5 cm³/mol. The van der Waals surface area contributed by atoms with E-state index in [1.54, 1.807) is 0 Å². The molecule has 0 radical (unpaired) electrons. The molecule has 6 nitrogen and oxygen atoms in total. The molecular weight excluding hydrogens is 264 g/mol. The molecule has 6 heteroatoms. The van der Waals surface area contributed by atoms with Crippen LogP contribution in [-0.2, 0) is 9.59 Å². The van der Waals surface area contributed by atoms with Gasteiger partial charge in [-0.3, -0.25) is 0 Å². The third kappa shape index (κ3) is 25.3. The van der Waals surface area contributed by atoms with E-state index in [9.17, 15) is 9.59 Å². The van der Waals surface area contributed by atoms with Crippen LogP contribution in [-0.4, -0.2) is 45.1 Å². The molecule has 0 saturated heterocycles. The fourth-order valence-electron chi connectivity index (χ4n) is 0.627. The minimum Gasteiger partial charge on any atom is -0.478 e. The summed E-state index contributed by atoms with van der Waals surface area (Å²) in [6.07, 6.45) is 2.03. The summed E-state index contributed by atoms with van der Waals surface area (Å²) < 4.78 is 0. The van der Waals surface area contributed by atoms with E-state index in [1.807, 2.05) is 6.92 Å². The number of rotatable bonds is 6. The Morgan fingerprint density at radius 1 is 1.00 bits per heavy atom. The fourth-order valence-corrected chi connectivity index (χ4v) is 0.627. The monoisotopic (exact) mass is 290 g/mol. The number of aliphatic carboxylic acids is 2. The van der Waals surface area contributed by atoms with Gasteiger partial charge < -0.3 is 20.4 Å². The summed E-state index contributed by atoms with van der Waals surface area (Å²) >= 11 is 0. The Balaban J connectivity index is -0.000000221. The maximum absolute atomic E-state index is 9.60. The quantitative estimate of drug-likeness (QED) is 0.555. The Labute approximate surface area is 120 Å². The number of carboxylic acid groups (broad SMARTS) is 2. The van der Waals surface area contributed by atoms with Crippen molar-refractivity contribution in [3.63, 3.8) is 0 Å². The fraction of sp³-hybridized carbons (Fsp3) is 0.571. The van der Waals surface area contributed by atoms with Crippen LogP contribution < -0.4 is 0 Å². The van der Waals surface area contributed by atoms with E-state index in [4.69, 9.17) is 20.4 Å². The van der Waals surface area contributed by atoms with Gasteiger partial charge in [0, 0.05) is 17.8 Å². The van der Waals surface area contributed by atoms with Gasteiger partial charge in [0.05, 0.1) is 6.10 Å². The van der Waals surface area contributed by atoms with Gasteiger partial charge in [0.1, 0.15) is 0 Å². The maximum atomic E-state index is 9.60. The van der Waals surface area contributed by atoms with Crippen LogP contribution in [0.4, 0.5) is 0 Å². The Morgan fingerprint density at radius 2 is 1.30 bits per heavy atom. The average Bonchev–Trinajstić information content (AvgIpc) is 2.30. The minimum absolute atomic E-state index is 0.0984. The van der Waals surface area contributed by atoms with Gasteiger partial charge in [-0.05, 0) is 26.7 Å². The lowest BCUT2D eigenvalue weighted by Gasteiger charge is -2.04. The highest BCUT2D eigenvalue weighted by Gasteiger charge is 1.98. The lowest BCUT2D eigenvalue weighted by Crippen LogP contribution is -2.07. The van der Waals surface area contributed by atoms with Crippen LogP contribution in [0.2, 0.25) is 0 Å². The first-order valence-electron chi connectivity index (χ1n) is 6.16. The molecule has 0 amide bonds. The Hall–Kier alpha value is -1.66. The molecule has 0 rings (SSSR count). The summed E-state index contributed by atoms with van der Waals surface area (Å²) in [5.41, 5.74) is 0.352. The van der Waals surface area contributed by atoms with Crippen LogP contribution in [0.25, 0.3) is 0 Å². The average molecular weight is 290 g/mol. The second-order valence-corrected chi connectivity index (χ2v) is 4.13. The van der Waals surface area contributed by atoms with Crippen molar-refractivity contribution in [2.24, 2.45) is 0 Å². The van der Waals surface area contributed by atoms with Crippen molar-refractivity contribution in [2.75, 3.05) is 6.61 Å². The third-order valence-corrected chi connectivity index (χ3v) is 1.81. The predicted octanol–water partition coefficient (Wildman–Crippen LogP) is 1.82. The zero-order chi connectivity index (χ0) is 16.7. The number of aliphatic hydroxyl groups is 2. The highest BCUT2D eigenvalue weighted by atomic mass is 16.4. The lowest BCUT2D eigenvalue weighted by atomic mass is 10.2. The van der Waals surface area contributed by atoms with E-state index in [1.165, 1.54) is 13.8 Å². The number of aliphatic hydroxyl groups excluding tert-OH is 2. The molecule has 118 valence electrons. The van der Waals surface area contributed by atoms with Crippen molar-refractivity contribution in [3.8, 4) is 0 Å². The van der Waals surface area contributed by atoms with Crippen LogP contribution >= 0.6 is 0 Å². The second-order valence-electron chi connectivity index (χ2n) is 4.13. The first-order chi connectivity index (χ1) is 9.09. The molecule has 0 heterocycles. The van der Waals surface area contributed by atoms with Gasteiger partial charge >= 0.3 is 11.9 Å². The Morgan fingerprint density at radius 3 is 1.45 bits per heavy atom. The summed E-state index contributed by atoms with van der Waals surface area (Å²) in [5.74, 6) is -1.87. The first-order valence-corrected chi connectivity index (χ1v) is 6.16. The van der Waals surface area contributed by atoms with Crippen molar-refractivity contribution in [3.05, 3.63) is 24.3 Å². The van der Waals surface area contributed by atoms with Crippen molar-refractivity contribution in [1.29, 1.82) is 0 Å².